The van der Waals surface area contributed by atoms with Crippen molar-refractivity contribution in [3.05, 3.63) is 76.6 Å². The standard InChI is InChI=1S/C19H14ClN3/c1-13-9-10-17-18(11-13)23-19(22-17)15(12-21)7-4-6-14-5-2-3-8-16(14)20/h2-11H,1H3,(H,22,23)/b6-4+,15-7+. The maximum atomic E-state index is 9.37. The van der Waals surface area contributed by atoms with E-state index in [-0.39, 0.29) is 0 Å². The Labute approximate surface area is 139 Å². The number of halogens is 1. The molecule has 23 heavy (non-hydrogen) atoms. The fraction of sp³-hybridized carbons (Fsp3) is 0.0526. The zero-order chi connectivity index (χ0) is 16.2. The Balaban J connectivity index is 1.92. The van der Waals surface area contributed by atoms with Crippen molar-refractivity contribution in [3.63, 3.8) is 0 Å². The van der Waals surface area contributed by atoms with Gasteiger partial charge in [0.05, 0.1) is 16.6 Å². The van der Waals surface area contributed by atoms with E-state index in [9.17, 15) is 5.26 Å². The number of rotatable bonds is 3. The van der Waals surface area contributed by atoms with Crippen molar-refractivity contribution in [3.8, 4) is 6.07 Å². The molecule has 0 unspecified atom stereocenters. The van der Waals surface area contributed by atoms with Crippen LogP contribution in [0.25, 0.3) is 22.7 Å². The van der Waals surface area contributed by atoms with Crippen LogP contribution in [0.15, 0.2) is 54.6 Å². The van der Waals surface area contributed by atoms with Gasteiger partial charge in [-0.1, -0.05) is 48.0 Å². The molecule has 0 aliphatic heterocycles. The molecule has 0 aliphatic carbocycles. The third-order valence-corrected chi connectivity index (χ3v) is 3.80. The van der Waals surface area contributed by atoms with E-state index < -0.39 is 0 Å². The maximum absolute atomic E-state index is 9.37. The van der Waals surface area contributed by atoms with Crippen molar-refractivity contribution < 1.29 is 0 Å². The molecule has 0 spiro atoms. The molecular formula is C19H14ClN3. The van der Waals surface area contributed by atoms with E-state index in [1.165, 1.54) is 0 Å². The Morgan fingerprint density at radius 1 is 1.26 bits per heavy atom. The first-order chi connectivity index (χ1) is 11.2. The number of aryl methyl sites for hydroxylation is 1. The van der Waals surface area contributed by atoms with Crippen LogP contribution >= 0.6 is 11.6 Å². The van der Waals surface area contributed by atoms with Crippen molar-refractivity contribution in [1.82, 2.24) is 9.97 Å². The molecule has 3 rings (SSSR count). The first-order valence-electron chi connectivity index (χ1n) is 7.17. The molecule has 2 aromatic carbocycles. The Morgan fingerprint density at radius 2 is 2.09 bits per heavy atom. The molecule has 4 heteroatoms. The lowest BCUT2D eigenvalue weighted by atomic mass is 10.2. The number of hydrogen-bond acceptors (Lipinski definition) is 2. The van der Waals surface area contributed by atoms with E-state index in [1.54, 1.807) is 12.2 Å². The molecule has 1 aromatic heterocycles. The van der Waals surface area contributed by atoms with Crippen LogP contribution in [0.5, 0.6) is 0 Å². The van der Waals surface area contributed by atoms with Gasteiger partial charge in [0.15, 0.2) is 0 Å². The number of allylic oxidation sites excluding steroid dienone is 3. The number of hydrogen-bond donors (Lipinski definition) is 1. The first-order valence-corrected chi connectivity index (χ1v) is 7.55. The molecule has 0 fully saturated rings. The highest BCUT2D eigenvalue weighted by atomic mass is 35.5. The molecule has 0 saturated heterocycles. The lowest BCUT2D eigenvalue weighted by molar-refractivity contribution is 1.27. The van der Waals surface area contributed by atoms with Gasteiger partial charge in [0, 0.05) is 5.02 Å². The number of fused-ring (bicyclic) bond motifs is 1. The summed E-state index contributed by atoms with van der Waals surface area (Å²) in [6.45, 7) is 2.02. The van der Waals surface area contributed by atoms with E-state index in [2.05, 4.69) is 16.0 Å². The zero-order valence-corrected chi connectivity index (χ0v) is 13.3. The second-order valence-corrected chi connectivity index (χ2v) is 5.59. The van der Waals surface area contributed by atoms with Crippen LogP contribution < -0.4 is 0 Å². The van der Waals surface area contributed by atoms with Crippen molar-refractivity contribution in [2.24, 2.45) is 0 Å². The molecule has 0 bridgehead atoms. The summed E-state index contributed by atoms with van der Waals surface area (Å²) < 4.78 is 0. The van der Waals surface area contributed by atoms with E-state index in [1.807, 2.05) is 55.5 Å². The monoisotopic (exact) mass is 319 g/mol. The number of nitrogens with zero attached hydrogens (tertiary/aromatic N) is 2. The average Bonchev–Trinajstić information content (AvgIpc) is 2.96. The summed E-state index contributed by atoms with van der Waals surface area (Å²) in [6.07, 6.45) is 5.40. The smallest absolute Gasteiger partial charge is 0.149 e. The zero-order valence-electron chi connectivity index (χ0n) is 12.5. The molecule has 3 aromatic rings. The van der Waals surface area contributed by atoms with Gasteiger partial charge in [-0.3, -0.25) is 0 Å². The van der Waals surface area contributed by atoms with Gasteiger partial charge in [0.1, 0.15) is 11.9 Å². The topological polar surface area (TPSA) is 52.5 Å². The summed E-state index contributed by atoms with van der Waals surface area (Å²) in [6, 6.07) is 15.7. The molecule has 1 N–H and O–H groups in total. The summed E-state index contributed by atoms with van der Waals surface area (Å²) in [7, 11) is 0. The minimum absolute atomic E-state index is 0.474. The van der Waals surface area contributed by atoms with Gasteiger partial charge in [-0.15, -0.1) is 0 Å². The van der Waals surface area contributed by atoms with Crippen LogP contribution in [-0.4, -0.2) is 9.97 Å². The van der Waals surface area contributed by atoms with E-state index in [0.717, 1.165) is 22.2 Å². The third kappa shape index (κ3) is 3.33. The number of H-pyrrole nitrogens is 1. The summed E-state index contributed by atoms with van der Waals surface area (Å²) >= 11 is 6.10. The van der Waals surface area contributed by atoms with Crippen LogP contribution in [0.2, 0.25) is 5.02 Å². The number of imidazole rings is 1. The van der Waals surface area contributed by atoms with Crippen molar-refractivity contribution >= 4 is 34.3 Å². The molecule has 3 nitrogen and oxygen atoms in total. The van der Waals surface area contributed by atoms with Gasteiger partial charge in [-0.25, -0.2) is 4.98 Å². The molecule has 1 heterocycles. The van der Waals surface area contributed by atoms with Crippen LogP contribution in [0.4, 0.5) is 0 Å². The Kier molecular flexibility index (Phi) is 4.27. The van der Waals surface area contributed by atoms with Crippen molar-refractivity contribution in [2.75, 3.05) is 0 Å². The molecule has 0 atom stereocenters. The minimum Gasteiger partial charge on any atom is -0.337 e. The van der Waals surface area contributed by atoms with Crippen molar-refractivity contribution in [2.45, 2.75) is 6.92 Å². The average molecular weight is 320 g/mol. The first kappa shape index (κ1) is 15.1. The van der Waals surface area contributed by atoms with Crippen LogP contribution in [0.3, 0.4) is 0 Å². The summed E-state index contributed by atoms with van der Waals surface area (Å²) in [4.78, 5) is 7.65. The van der Waals surface area contributed by atoms with Gasteiger partial charge in [-0.2, -0.15) is 5.26 Å². The minimum atomic E-state index is 0.474. The van der Waals surface area contributed by atoms with Gasteiger partial charge >= 0.3 is 0 Å². The Hall–Kier alpha value is -2.83. The van der Waals surface area contributed by atoms with Crippen molar-refractivity contribution in [1.29, 1.82) is 5.26 Å². The predicted molar refractivity (Wildman–Crippen MR) is 94.9 cm³/mol. The molecule has 0 radical (unpaired) electrons. The number of nitriles is 1. The number of nitrogens with one attached hydrogen (secondary N) is 1. The fourth-order valence-corrected chi connectivity index (χ4v) is 2.48. The number of aromatic nitrogens is 2. The van der Waals surface area contributed by atoms with Crippen LogP contribution in [0, 0.1) is 18.3 Å². The molecule has 0 saturated carbocycles. The second-order valence-electron chi connectivity index (χ2n) is 5.18. The van der Waals surface area contributed by atoms with Gasteiger partial charge < -0.3 is 4.98 Å². The quantitative estimate of drug-likeness (QED) is 0.536. The molecule has 112 valence electrons. The molecule has 0 aliphatic rings. The summed E-state index contributed by atoms with van der Waals surface area (Å²) in [5, 5.41) is 10.0. The molecular weight excluding hydrogens is 306 g/mol. The summed E-state index contributed by atoms with van der Waals surface area (Å²) in [5.74, 6) is 0.567. The highest BCUT2D eigenvalue weighted by Gasteiger charge is 2.06. The lowest BCUT2D eigenvalue weighted by Crippen LogP contribution is -1.83. The largest absolute Gasteiger partial charge is 0.337 e. The molecule has 0 amide bonds. The van der Waals surface area contributed by atoms with Crippen LogP contribution in [0.1, 0.15) is 17.0 Å². The lowest BCUT2D eigenvalue weighted by Gasteiger charge is -1.95. The second kappa shape index (κ2) is 6.51. The van der Waals surface area contributed by atoms with Crippen LogP contribution in [-0.2, 0) is 0 Å². The predicted octanol–water partition coefficient (Wildman–Crippen LogP) is 5.15. The van der Waals surface area contributed by atoms with Gasteiger partial charge in [0.2, 0.25) is 0 Å². The summed E-state index contributed by atoms with van der Waals surface area (Å²) in [5.41, 5.74) is 4.30. The maximum Gasteiger partial charge on any atom is 0.149 e. The Bertz CT molecular complexity index is 958. The number of aromatic amines is 1. The normalized spacial score (nSPS) is 12.0. The SMILES string of the molecule is Cc1ccc2nc(/C(C#N)=C/C=C/c3ccccc3Cl)[nH]c2c1. The van der Waals surface area contributed by atoms with E-state index in [0.29, 0.717) is 16.4 Å². The van der Waals surface area contributed by atoms with E-state index in [4.69, 9.17) is 11.6 Å². The van der Waals surface area contributed by atoms with Gasteiger partial charge in [0.25, 0.3) is 0 Å². The van der Waals surface area contributed by atoms with E-state index >= 15 is 0 Å². The number of benzene rings is 2. The third-order valence-electron chi connectivity index (χ3n) is 3.46. The highest BCUT2D eigenvalue weighted by Crippen LogP contribution is 2.19. The Morgan fingerprint density at radius 3 is 2.87 bits per heavy atom. The highest BCUT2D eigenvalue weighted by molar-refractivity contribution is 6.32. The fourth-order valence-electron chi connectivity index (χ4n) is 2.28. The van der Waals surface area contributed by atoms with Gasteiger partial charge in [-0.05, 0) is 42.3 Å².